The number of carbonyl (C=O) groups excluding carboxylic acids is 1. The van der Waals surface area contributed by atoms with Crippen LogP contribution in [0.15, 0.2) is 16.7 Å². The predicted octanol–water partition coefficient (Wildman–Crippen LogP) is 1.40. The third kappa shape index (κ3) is 1.97. The van der Waals surface area contributed by atoms with Crippen LogP contribution in [0.5, 0.6) is 0 Å². The fourth-order valence-corrected chi connectivity index (χ4v) is 2.02. The summed E-state index contributed by atoms with van der Waals surface area (Å²) in [6.07, 6.45) is 2.52. The molecule has 0 bridgehead atoms. The van der Waals surface area contributed by atoms with Crippen LogP contribution in [-0.4, -0.2) is 29.9 Å². The van der Waals surface area contributed by atoms with Gasteiger partial charge < -0.3 is 15.1 Å². The number of piperidine rings is 1. The molecule has 0 radical (unpaired) electrons. The van der Waals surface area contributed by atoms with Crippen molar-refractivity contribution in [2.45, 2.75) is 26.3 Å². The van der Waals surface area contributed by atoms with Crippen molar-refractivity contribution in [2.75, 3.05) is 13.1 Å². The number of furan rings is 1. The molecule has 2 unspecified atom stereocenters. The van der Waals surface area contributed by atoms with Crippen molar-refractivity contribution in [3.05, 3.63) is 23.7 Å². The Labute approximate surface area is 95.4 Å². The molecule has 16 heavy (non-hydrogen) atoms. The topological polar surface area (TPSA) is 59.5 Å². The van der Waals surface area contributed by atoms with Crippen molar-refractivity contribution in [1.82, 2.24) is 4.90 Å². The van der Waals surface area contributed by atoms with Crippen molar-refractivity contribution < 1.29 is 9.21 Å². The standard InChI is InChI=1S/C12H18N2O2/c1-8-3-5-14(7-10(8)13)12(15)11-9(2)4-6-16-11/h4,6,8,10H,3,5,7,13H2,1-2H3. The van der Waals surface area contributed by atoms with Crippen LogP contribution in [0.2, 0.25) is 0 Å². The van der Waals surface area contributed by atoms with Crippen LogP contribution < -0.4 is 5.73 Å². The van der Waals surface area contributed by atoms with Crippen LogP contribution >= 0.6 is 0 Å². The van der Waals surface area contributed by atoms with Gasteiger partial charge in [0.05, 0.1) is 6.26 Å². The Morgan fingerprint density at radius 3 is 2.94 bits per heavy atom. The molecule has 1 aromatic rings. The van der Waals surface area contributed by atoms with E-state index in [1.165, 1.54) is 0 Å². The first-order chi connectivity index (χ1) is 7.59. The Bertz CT molecular complexity index is 386. The lowest BCUT2D eigenvalue weighted by Gasteiger charge is -2.34. The molecule has 0 aliphatic carbocycles. The number of carbonyl (C=O) groups is 1. The molecule has 2 atom stereocenters. The summed E-state index contributed by atoms with van der Waals surface area (Å²) >= 11 is 0. The zero-order chi connectivity index (χ0) is 11.7. The quantitative estimate of drug-likeness (QED) is 0.781. The minimum Gasteiger partial charge on any atom is -0.459 e. The Morgan fingerprint density at radius 2 is 2.38 bits per heavy atom. The number of hydrogen-bond acceptors (Lipinski definition) is 3. The number of hydrogen-bond donors (Lipinski definition) is 1. The Kier molecular flexibility index (Phi) is 3.01. The Balaban J connectivity index is 2.09. The monoisotopic (exact) mass is 222 g/mol. The van der Waals surface area contributed by atoms with E-state index < -0.39 is 0 Å². The highest BCUT2D eigenvalue weighted by molar-refractivity contribution is 5.92. The van der Waals surface area contributed by atoms with Crippen molar-refractivity contribution in [3.63, 3.8) is 0 Å². The second-order valence-corrected chi connectivity index (χ2v) is 4.61. The summed E-state index contributed by atoms with van der Waals surface area (Å²) in [4.78, 5) is 13.9. The molecular weight excluding hydrogens is 204 g/mol. The number of likely N-dealkylation sites (tertiary alicyclic amines) is 1. The molecule has 4 nitrogen and oxygen atoms in total. The SMILES string of the molecule is Cc1ccoc1C(=O)N1CCC(C)C(N)C1. The van der Waals surface area contributed by atoms with Gasteiger partial charge in [-0.05, 0) is 25.3 Å². The average molecular weight is 222 g/mol. The number of amides is 1. The van der Waals surface area contributed by atoms with Gasteiger partial charge in [-0.3, -0.25) is 4.79 Å². The van der Waals surface area contributed by atoms with Crippen LogP contribution in [0.3, 0.4) is 0 Å². The Morgan fingerprint density at radius 1 is 1.62 bits per heavy atom. The summed E-state index contributed by atoms with van der Waals surface area (Å²) in [6, 6.07) is 1.88. The van der Waals surface area contributed by atoms with E-state index in [1.807, 2.05) is 6.92 Å². The maximum absolute atomic E-state index is 12.1. The molecule has 1 fully saturated rings. The van der Waals surface area contributed by atoms with Crippen molar-refractivity contribution >= 4 is 5.91 Å². The summed E-state index contributed by atoms with van der Waals surface area (Å²) < 4.78 is 5.21. The van der Waals surface area contributed by atoms with Gasteiger partial charge in [0.2, 0.25) is 0 Å². The molecule has 1 aromatic heterocycles. The number of nitrogens with zero attached hydrogens (tertiary/aromatic N) is 1. The number of rotatable bonds is 1. The summed E-state index contributed by atoms with van der Waals surface area (Å²) in [5, 5.41) is 0. The molecule has 4 heteroatoms. The number of nitrogens with two attached hydrogens (primary N) is 1. The van der Waals surface area contributed by atoms with Crippen molar-refractivity contribution in [3.8, 4) is 0 Å². The predicted molar refractivity (Wildman–Crippen MR) is 61.1 cm³/mol. The van der Waals surface area contributed by atoms with E-state index in [-0.39, 0.29) is 11.9 Å². The normalized spacial score (nSPS) is 25.8. The fourth-order valence-electron chi connectivity index (χ4n) is 2.02. The maximum atomic E-state index is 12.1. The van der Waals surface area contributed by atoms with Gasteiger partial charge in [-0.1, -0.05) is 6.92 Å². The smallest absolute Gasteiger partial charge is 0.289 e. The van der Waals surface area contributed by atoms with Gasteiger partial charge in [-0.25, -0.2) is 0 Å². The minimum atomic E-state index is -0.0372. The van der Waals surface area contributed by atoms with Gasteiger partial charge in [0.15, 0.2) is 5.76 Å². The molecule has 0 aromatic carbocycles. The van der Waals surface area contributed by atoms with Crippen LogP contribution in [0.1, 0.15) is 29.5 Å². The van der Waals surface area contributed by atoms with Crippen LogP contribution in [-0.2, 0) is 0 Å². The fraction of sp³-hybridized carbons (Fsp3) is 0.583. The summed E-state index contributed by atoms with van der Waals surface area (Å²) in [6.45, 7) is 5.40. The molecule has 2 N–H and O–H groups in total. The first-order valence-electron chi connectivity index (χ1n) is 5.68. The molecule has 2 rings (SSSR count). The van der Waals surface area contributed by atoms with E-state index >= 15 is 0 Å². The molecule has 1 amide bonds. The molecule has 0 spiro atoms. The lowest BCUT2D eigenvalue weighted by atomic mass is 9.94. The van der Waals surface area contributed by atoms with Crippen LogP contribution in [0, 0.1) is 12.8 Å². The lowest BCUT2D eigenvalue weighted by molar-refractivity contribution is 0.0639. The lowest BCUT2D eigenvalue weighted by Crippen LogP contribution is -2.49. The molecule has 1 aliphatic rings. The highest BCUT2D eigenvalue weighted by Crippen LogP contribution is 2.19. The molecule has 2 heterocycles. The van der Waals surface area contributed by atoms with Gasteiger partial charge in [0.1, 0.15) is 0 Å². The van der Waals surface area contributed by atoms with Gasteiger partial charge in [-0.15, -0.1) is 0 Å². The van der Waals surface area contributed by atoms with E-state index in [0.29, 0.717) is 18.2 Å². The van der Waals surface area contributed by atoms with E-state index in [4.69, 9.17) is 10.2 Å². The van der Waals surface area contributed by atoms with Crippen LogP contribution in [0.4, 0.5) is 0 Å². The zero-order valence-electron chi connectivity index (χ0n) is 9.77. The third-order valence-electron chi connectivity index (χ3n) is 3.36. The van der Waals surface area contributed by atoms with Gasteiger partial charge >= 0.3 is 0 Å². The molecule has 1 aliphatic heterocycles. The first-order valence-corrected chi connectivity index (χ1v) is 5.68. The summed E-state index contributed by atoms with van der Waals surface area (Å²) in [5.41, 5.74) is 6.86. The van der Waals surface area contributed by atoms with E-state index in [0.717, 1.165) is 18.5 Å². The average Bonchev–Trinajstić information content (AvgIpc) is 2.67. The first kappa shape index (κ1) is 11.2. The van der Waals surface area contributed by atoms with E-state index in [2.05, 4.69) is 6.92 Å². The van der Waals surface area contributed by atoms with E-state index in [1.54, 1.807) is 17.2 Å². The largest absolute Gasteiger partial charge is 0.459 e. The van der Waals surface area contributed by atoms with Crippen LogP contribution in [0.25, 0.3) is 0 Å². The van der Waals surface area contributed by atoms with Gasteiger partial charge in [0, 0.05) is 24.7 Å². The van der Waals surface area contributed by atoms with Crippen molar-refractivity contribution in [1.29, 1.82) is 0 Å². The maximum Gasteiger partial charge on any atom is 0.289 e. The molecular formula is C12H18N2O2. The summed E-state index contributed by atoms with van der Waals surface area (Å²) in [5.74, 6) is 0.897. The highest BCUT2D eigenvalue weighted by Gasteiger charge is 2.28. The van der Waals surface area contributed by atoms with Crippen molar-refractivity contribution in [2.24, 2.45) is 11.7 Å². The highest BCUT2D eigenvalue weighted by atomic mass is 16.3. The molecule has 88 valence electrons. The third-order valence-corrected chi connectivity index (χ3v) is 3.36. The second-order valence-electron chi connectivity index (χ2n) is 4.61. The van der Waals surface area contributed by atoms with Gasteiger partial charge in [-0.2, -0.15) is 0 Å². The second kappa shape index (κ2) is 4.29. The number of aryl methyl sites for hydroxylation is 1. The zero-order valence-corrected chi connectivity index (χ0v) is 9.77. The summed E-state index contributed by atoms with van der Waals surface area (Å²) in [7, 11) is 0. The molecule has 1 saturated heterocycles. The minimum absolute atomic E-state index is 0.0372. The van der Waals surface area contributed by atoms with Gasteiger partial charge in [0.25, 0.3) is 5.91 Å². The Hall–Kier alpha value is -1.29. The molecule has 0 saturated carbocycles. The van der Waals surface area contributed by atoms with E-state index in [9.17, 15) is 4.79 Å².